The molecule has 8 heteroatoms. The summed E-state index contributed by atoms with van der Waals surface area (Å²) in [4.78, 5) is 24.5. The van der Waals surface area contributed by atoms with Crippen LogP contribution in [0, 0.1) is 10.1 Å². The largest absolute Gasteiger partial charge is 0.278 e. The zero-order chi connectivity index (χ0) is 18.1. The summed E-state index contributed by atoms with van der Waals surface area (Å²) in [6, 6.07) is 17.7. The van der Waals surface area contributed by atoms with Crippen molar-refractivity contribution < 1.29 is 4.92 Å². The van der Waals surface area contributed by atoms with Gasteiger partial charge in [-0.25, -0.2) is 4.68 Å². The minimum Gasteiger partial charge on any atom is -0.267 e. The lowest BCUT2D eigenvalue weighted by Crippen LogP contribution is -2.24. The number of nitrogens with zero attached hydrogens (tertiary/aromatic N) is 4. The SMILES string of the molecule is O=c1c2cc(-c3ccccc3)sc2nnn1Cc1ccc([N+](=O)[O-])cc1. The van der Waals surface area contributed by atoms with Gasteiger partial charge in [0, 0.05) is 17.0 Å². The van der Waals surface area contributed by atoms with Crippen molar-refractivity contribution in [2.45, 2.75) is 6.54 Å². The van der Waals surface area contributed by atoms with Gasteiger partial charge in [-0.1, -0.05) is 47.7 Å². The van der Waals surface area contributed by atoms with Gasteiger partial charge in [0.25, 0.3) is 11.2 Å². The van der Waals surface area contributed by atoms with E-state index in [1.807, 2.05) is 36.4 Å². The fourth-order valence-corrected chi connectivity index (χ4v) is 3.60. The summed E-state index contributed by atoms with van der Waals surface area (Å²) < 4.78 is 1.27. The maximum absolute atomic E-state index is 12.7. The molecule has 0 saturated heterocycles. The highest BCUT2D eigenvalue weighted by Crippen LogP contribution is 2.30. The van der Waals surface area contributed by atoms with Crippen LogP contribution in [0.1, 0.15) is 5.56 Å². The van der Waals surface area contributed by atoms with Crippen LogP contribution in [0.25, 0.3) is 20.7 Å². The van der Waals surface area contributed by atoms with E-state index in [9.17, 15) is 14.9 Å². The quantitative estimate of drug-likeness (QED) is 0.408. The molecule has 2 heterocycles. The summed E-state index contributed by atoms with van der Waals surface area (Å²) in [7, 11) is 0. The van der Waals surface area contributed by atoms with Gasteiger partial charge in [-0.15, -0.1) is 16.4 Å². The Balaban J connectivity index is 1.69. The van der Waals surface area contributed by atoms with Crippen LogP contribution in [-0.4, -0.2) is 19.9 Å². The second-order valence-corrected chi connectivity index (χ2v) is 6.70. The van der Waals surface area contributed by atoms with E-state index in [0.29, 0.717) is 10.2 Å². The fourth-order valence-electron chi connectivity index (χ4n) is 2.63. The molecule has 0 fully saturated rings. The highest BCUT2D eigenvalue weighted by molar-refractivity contribution is 7.21. The van der Waals surface area contributed by atoms with Crippen molar-refractivity contribution in [2.75, 3.05) is 0 Å². The summed E-state index contributed by atoms with van der Waals surface area (Å²) in [5.41, 5.74) is 1.54. The normalized spacial score (nSPS) is 10.9. The van der Waals surface area contributed by atoms with Crippen LogP contribution in [0.2, 0.25) is 0 Å². The van der Waals surface area contributed by atoms with Crippen molar-refractivity contribution in [2.24, 2.45) is 0 Å². The van der Waals surface area contributed by atoms with Gasteiger partial charge in [0.2, 0.25) is 0 Å². The molecule has 0 bridgehead atoms. The summed E-state index contributed by atoms with van der Waals surface area (Å²) >= 11 is 1.42. The van der Waals surface area contributed by atoms with Gasteiger partial charge < -0.3 is 0 Å². The smallest absolute Gasteiger partial charge is 0.267 e. The first kappa shape index (κ1) is 16.1. The number of hydrogen-bond acceptors (Lipinski definition) is 6. The number of fused-ring (bicyclic) bond motifs is 1. The van der Waals surface area contributed by atoms with E-state index < -0.39 is 4.92 Å². The first-order valence-corrected chi connectivity index (χ1v) is 8.59. The topological polar surface area (TPSA) is 90.9 Å². The van der Waals surface area contributed by atoms with E-state index in [2.05, 4.69) is 10.3 Å². The Morgan fingerprint density at radius 1 is 1.08 bits per heavy atom. The Morgan fingerprint density at radius 3 is 2.50 bits per heavy atom. The number of nitro benzene ring substituents is 1. The highest BCUT2D eigenvalue weighted by Gasteiger charge is 2.12. The van der Waals surface area contributed by atoms with Gasteiger partial charge in [-0.3, -0.25) is 14.9 Å². The average molecular weight is 364 g/mol. The lowest BCUT2D eigenvalue weighted by atomic mass is 10.2. The van der Waals surface area contributed by atoms with Crippen LogP contribution in [0.3, 0.4) is 0 Å². The molecule has 26 heavy (non-hydrogen) atoms. The van der Waals surface area contributed by atoms with E-state index in [-0.39, 0.29) is 17.8 Å². The predicted molar refractivity (Wildman–Crippen MR) is 99.3 cm³/mol. The molecule has 0 amide bonds. The van der Waals surface area contributed by atoms with Crippen LogP contribution in [0.5, 0.6) is 0 Å². The van der Waals surface area contributed by atoms with E-state index in [1.165, 1.54) is 28.2 Å². The molecule has 0 saturated carbocycles. The summed E-state index contributed by atoms with van der Waals surface area (Å²) in [5.74, 6) is 0. The third-order valence-corrected chi connectivity index (χ3v) is 5.03. The van der Waals surface area contributed by atoms with Crippen molar-refractivity contribution in [3.8, 4) is 10.4 Å². The first-order valence-electron chi connectivity index (χ1n) is 7.78. The molecule has 4 rings (SSSR count). The zero-order valence-corrected chi connectivity index (χ0v) is 14.2. The van der Waals surface area contributed by atoms with Gasteiger partial charge in [0.15, 0.2) is 4.83 Å². The molecule has 0 spiro atoms. The summed E-state index contributed by atoms with van der Waals surface area (Å²) in [6.07, 6.45) is 0. The van der Waals surface area contributed by atoms with E-state index >= 15 is 0 Å². The number of hydrogen-bond donors (Lipinski definition) is 0. The second-order valence-electron chi connectivity index (χ2n) is 5.67. The highest BCUT2D eigenvalue weighted by atomic mass is 32.1. The molecule has 2 aromatic heterocycles. The van der Waals surface area contributed by atoms with E-state index in [1.54, 1.807) is 12.1 Å². The van der Waals surface area contributed by atoms with Crippen LogP contribution in [0.15, 0.2) is 65.5 Å². The number of non-ortho nitro benzene ring substituents is 1. The Kier molecular flexibility index (Phi) is 4.02. The van der Waals surface area contributed by atoms with Crippen molar-refractivity contribution in [1.82, 2.24) is 15.0 Å². The molecule has 128 valence electrons. The molecule has 2 aromatic carbocycles. The molecule has 0 aliphatic carbocycles. The Labute approximate surface area is 151 Å². The maximum Gasteiger partial charge on any atom is 0.278 e. The molecule has 7 nitrogen and oxygen atoms in total. The van der Waals surface area contributed by atoms with Crippen molar-refractivity contribution >= 4 is 27.2 Å². The molecule has 0 atom stereocenters. The van der Waals surface area contributed by atoms with Crippen LogP contribution >= 0.6 is 11.3 Å². The number of rotatable bonds is 4. The van der Waals surface area contributed by atoms with Crippen molar-refractivity contribution in [1.29, 1.82) is 0 Å². The van der Waals surface area contributed by atoms with Crippen molar-refractivity contribution in [3.63, 3.8) is 0 Å². The summed E-state index contributed by atoms with van der Waals surface area (Å²) in [6.45, 7) is 0.205. The lowest BCUT2D eigenvalue weighted by molar-refractivity contribution is -0.384. The molecule has 0 aliphatic rings. The zero-order valence-electron chi connectivity index (χ0n) is 13.4. The lowest BCUT2D eigenvalue weighted by Gasteiger charge is -2.03. The van der Waals surface area contributed by atoms with Crippen LogP contribution < -0.4 is 5.56 Å². The summed E-state index contributed by atoms with van der Waals surface area (Å²) in [5, 5.41) is 19.4. The third-order valence-electron chi connectivity index (χ3n) is 3.96. The van der Waals surface area contributed by atoms with E-state index in [0.717, 1.165) is 16.0 Å². The van der Waals surface area contributed by atoms with Gasteiger partial charge in [0.1, 0.15) is 0 Å². The second kappa shape index (κ2) is 6.49. The first-order chi connectivity index (χ1) is 12.6. The minimum absolute atomic E-state index is 0.00738. The minimum atomic E-state index is -0.460. The molecule has 0 N–H and O–H groups in total. The maximum atomic E-state index is 12.7. The van der Waals surface area contributed by atoms with Gasteiger partial charge in [-0.05, 0) is 17.2 Å². The number of aromatic nitrogens is 3. The number of nitro groups is 1. The molecular weight excluding hydrogens is 352 g/mol. The Hall–Kier alpha value is -3.39. The number of benzene rings is 2. The molecule has 0 aliphatic heterocycles. The van der Waals surface area contributed by atoms with E-state index in [4.69, 9.17) is 0 Å². The van der Waals surface area contributed by atoms with Crippen LogP contribution in [0.4, 0.5) is 5.69 Å². The van der Waals surface area contributed by atoms with Gasteiger partial charge in [-0.2, -0.15) is 0 Å². The predicted octanol–water partition coefficient (Wildman–Crippen LogP) is 3.48. The molecule has 0 unspecified atom stereocenters. The average Bonchev–Trinajstić information content (AvgIpc) is 3.10. The Bertz CT molecular complexity index is 1150. The van der Waals surface area contributed by atoms with Crippen LogP contribution in [-0.2, 0) is 6.54 Å². The standard InChI is InChI=1S/C18H12N4O3S/c23-18-15-10-16(13-4-2-1-3-5-13)26-17(15)19-20-21(18)11-12-6-8-14(9-7-12)22(24)25/h1-10H,11H2. The van der Waals surface area contributed by atoms with Gasteiger partial charge >= 0.3 is 0 Å². The third kappa shape index (κ3) is 2.98. The fraction of sp³-hybridized carbons (Fsp3) is 0.0556. The van der Waals surface area contributed by atoms with Gasteiger partial charge in [0.05, 0.1) is 16.9 Å². The monoisotopic (exact) mass is 364 g/mol. The molecule has 4 aromatic rings. The van der Waals surface area contributed by atoms with Crippen molar-refractivity contribution in [3.05, 3.63) is 86.7 Å². The molecule has 0 radical (unpaired) electrons. The molecular formula is C18H12N4O3S. The number of thiophene rings is 1. The Morgan fingerprint density at radius 2 is 1.81 bits per heavy atom.